The lowest BCUT2D eigenvalue weighted by atomic mass is 10.2. The summed E-state index contributed by atoms with van der Waals surface area (Å²) in [6, 6.07) is 6.38. The highest BCUT2D eigenvalue weighted by Gasteiger charge is 2.06. The van der Waals surface area contributed by atoms with E-state index < -0.39 is 0 Å². The normalized spacial score (nSPS) is 10.3. The Morgan fingerprint density at radius 1 is 1.39 bits per heavy atom. The molecule has 0 spiro atoms. The van der Waals surface area contributed by atoms with Crippen LogP contribution in [0.2, 0.25) is 5.02 Å². The van der Waals surface area contributed by atoms with Crippen molar-refractivity contribution in [3.05, 3.63) is 50.9 Å². The Morgan fingerprint density at radius 2 is 2.17 bits per heavy atom. The van der Waals surface area contributed by atoms with E-state index in [0.717, 1.165) is 11.2 Å². The standard InChI is InChI=1S/C12H9ClN2O2S/c1-7-4-11(17)15-12(14-7)18-10-3-2-8(6-16)5-9(10)13/h2-6H,1H3,(H,14,15,17). The lowest BCUT2D eigenvalue weighted by Crippen LogP contribution is -2.07. The molecule has 0 radical (unpaired) electrons. The lowest BCUT2D eigenvalue weighted by Gasteiger charge is -2.04. The zero-order valence-electron chi connectivity index (χ0n) is 9.44. The maximum Gasteiger partial charge on any atom is 0.251 e. The van der Waals surface area contributed by atoms with E-state index >= 15 is 0 Å². The second-order valence-electron chi connectivity index (χ2n) is 3.60. The predicted molar refractivity (Wildman–Crippen MR) is 70.6 cm³/mol. The van der Waals surface area contributed by atoms with Crippen LogP contribution in [0.5, 0.6) is 0 Å². The highest BCUT2D eigenvalue weighted by molar-refractivity contribution is 7.99. The average Bonchev–Trinajstić information content (AvgIpc) is 2.30. The largest absolute Gasteiger partial charge is 0.301 e. The van der Waals surface area contributed by atoms with Crippen LogP contribution in [0.15, 0.2) is 39.1 Å². The summed E-state index contributed by atoms with van der Waals surface area (Å²) < 4.78 is 0. The number of nitrogens with zero attached hydrogens (tertiary/aromatic N) is 1. The fraction of sp³-hybridized carbons (Fsp3) is 0.0833. The van der Waals surface area contributed by atoms with Gasteiger partial charge < -0.3 is 4.98 Å². The van der Waals surface area contributed by atoms with Crippen molar-refractivity contribution in [3.63, 3.8) is 0 Å². The Morgan fingerprint density at radius 3 is 2.78 bits per heavy atom. The van der Waals surface area contributed by atoms with E-state index in [1.54, 1.807) is 25.1 Å². The predicted octanol–water partition coefficient (Wildman–Crippen LogP) is 2.70. The summed E-state index contributed by atoms with van der Waals surface area (Å²) in [5.74, 6) is 0. The topological polar surface area (TPSA) is 62.8 Å². The maximum atomic E-state index is 11.3. The van der Waals surface area contributed by atoms with Crippen molar-refractivity contribution in [1.82, 2.24) is 9.97 Å². The Hall–Kier alpha value is -1.59. The minimum absolute atomic E-state index is 0.203. The molecule has 1 aromatic carbocycles. The van der Waals surface area contributed by atoms with Crippen molar-refractivity contribution in [1.29, 1.82) is 0 Å². The maximum absolute atomic E-state index is 11.3. The molecular weight excluding hydrogens is 272 g/mol. The molecule has 1 N–H and O–H groups in total. The quantitative estimate of drug-likeness (QED) is 0.693. The molecule has 0 aliphatic rings. The first-order valence-electron chi connectivity index (χ1n) is 5.09. The molecule has 4 nitrogen and oxygen atoms in total. The molecule has 0 aliphatic carbocycles. The van der Waals surface area contributed by atoms with E-state index in [-0.39, 0.29) is 5.56 Å². The van der Waals surface area contributed by atoms with Gasteiger partial charge in [0.15, 0.2) is 5.16 Å². The van der Waals surface area contributed by atoms with Gasteiger partial charge in [-0.1, -0.05) is 29.4 Å². The van der Waals surface area contributed by atoms with Crippen molar-refractivity contribution in [2.45, 2.75) is 17.0 Å². The minimum Gasteiger partial charge on any atom is -0.301 e. The van der Waals surface area contributed by atoms with Crippen LogP contribution in [0, 0.1) is 6.92 Å². The lowest BCUT2D eigenvalue weighted by molar-refractivity contribution is 0.112. The van der Waals surface area contributed by atoms with Crippen molar-refractivity contribution in [3.8, 4) is 0 Å². The molecule has 2 rings (SSSR count). The highest BCUT2D eigenvalue weighted by Crippen LogP contribution is 2.31. The number of nitrogens with one attached hydrogen (secondary N) is 1. The molecule has 6 heteroatoms. The van der Waals surface area contributed by atoms with Crippen LogP contribution >= 0.6 is 23.4 Å². The van der Waals surface area contributed by atoms with E-state index in [1.807, 2.05) is 0 Å². The van der Waals surface area contributed by atoms with Gasteiger partial charge in [0, 0.05) is 22.2 Å². The van der Waals surface area contributed by atoms with Gasteiger partial charge >= 0.3 is 0 Å². The molecule has 0 atom stereocenters. The third-order valence-corrected chi connectivity index (χ3v) is 3.53. The Kier molecular flexibility index (Phi) is 3.84. The van der Waals surface area contributed by atoms with Crippen LogP contribution in [0.3, 0.4) is 0 Å². The van der Waals surface area contributed by atoms with Crippen LogP contribution in [0.1, 0.15) is 16.1 Å². The number of rotatable bonds is 3. The van der Waals surface area contributed by atoms with Gasteiger partial charge in [-0.3, -0.25) is 9.59 Å². The molecule has 0 saturated carbocycles. The number of aryl methyl sites for hydroxylation is 1. The molecule has 2 aromatic rings. The molecular formula is C12H9ClN2O2S. The highest BCUT2D eigenvalue weighted by atomic mass is 35.5. The number of aromatic nitrogens is 2. The molecule has 0 amide bonds. The van der Waals surface area contributed by atoms with E-state index in [9.17, 15) is 9.59 Å². The van der Waals surface area contributed by atoms with Crippen LogP contribution < -0.4 is 5.56 Å². The van der Waals surface area contributed by atoms with E-state index in [4.69, 9.17) is 11.6 Å². The number of carbonyl (C=O) groups is 1. The van der Waals surface area contributed by atoms with E-state index in [1.165, 1.54) is 17.8 Å². The summed E-state index contributed by atoms with van der Waals surface area (Å²) in [5.41, 5.74) is 0.947. The number of halogens is 1. The van der Waals surface area contributed by atoms with Gasteiger partial charge in [0.2, 0.25) is 0 Å². The van der Waals surface area contributed by atoms with Gasteiger partial charge in [0.05, 0.1) is 5.02 Å². The first kappa shape index (κ1) is 12.9. The number of H-pyrrole nitrogens is 1. The summed E-state index contributed by atoms with van der Waals surface area (Å²) >= 11 is 7.29. The average molecular weight is 281 g/mol. The van der Waals surface area contributed by atoms with Crippen molar-refractivity contribution in [2.75, 3.05) is 0 Å². The smallest absolute Gasteiger partial charge is 0.251 e. The van der Waals surface area contributed by atoms with Crippen molar-refractivity contribution in [2.24, 2.45) is 0 Å². The number of aldehydes is 1. The zero-order chi connectivity index (χ0) is 13.1. The first-order valence-corrected chi connectivity index (χ1v) is 6.28. The number of hydrogen-bond donors (Lipinski definition) is 1. The van der Waals surface area contributed by atoms with Crippen LogP contribution in [0.4, 0.5) is 0 Å². The van der Waals surface area contributed by atoms with Gasteiger partial charge in [-0.05, 0) is 19.1 Å². The second-order valence-corrected chi connectivity index (χ2v) is 5.04. The third-order valence-electron chi connectivity index (χ3n) is 2.15. The number of benzene rings is 1. The first-order chi connectivity index (χ1) is 8.58. The van der Waals surface area contributed by atoms with Crippen LogP contribution in [-0.4, -0.2) is 16.3 Å². The molecule has 92 valence electrons. The van der Waals surface area contributed by atoms with Crippen molar-refractivity contribution >= 4 is 29.6 Å². The zero-order valence-corrected chi connectivity index (χ0v) is 11.0. The van der Waals surface area contributed by atoms with Crippen LogP contribution in [-0.2, 0) is 0 Å². The summed E-state index contributed by atoms with van der Waals surface area (Å²) in [4.78, 5) is 29.4. The number of hydrogen-bond acceptors (Lipinski definition) is 4. The molecule has 0 aliphatic heterocycles. The Labute approximate surface area is 112 Å². The van der Waals surface area contributed by atoms with Gasteiger partial charge in [-0.25, -0.2) is 4.98 Å². The number of aromatic amines is 1. The molecule has 0 unspecified atom stereocenters. The monoisotopic (exact) mass is 280 g/mol. The molecule has 0 fully saturated rings. The summed E-state index contributed by atoms with van der Waals surface area (Å²) in [6.07, 6.45) is 0.729. The summed E-state index contributed by atoms with van der Waals surface area (Å²) in [5, 5.41) is 0.925. The van der Waals surface area contributed by atoms with E-state index in [2.05, 4.69) is 9.97 Å². The summed E-state index contributed by atoms with van der Waals surface area (Å²) in [6.45, 7) is 1.75. The van der Waals surface area contributed by atoms with Crippen LogP contribution in [0.25, 0.3) is 0 Å². The summed E-state index contributed by atoms with van der Waals surface area (Å²) in [7, 11) is 0. The Balaban J connectivity index is 2.33. The molecule has 1 heterocycles. The van der Waals surface area contributed by atoms with Crippen molar-refractivity contribution < 1.29 is 4.79 Å². The second kappa shape index (κ2) is 5.37. The van der Waals surface area contributed by atoms with Gasteiger partial charge in [-0.2, -0.15) is 0 Å². The third kappa shape index (κ3) is 3.00. The number of carbonyl (C=O) groups excluding carboxylic acids is 1. The Bertz CT molecular complexity index is 655. The molecule has 0 bridgehead atoms. The molecule has 0 saturated heterocycles. The molecule has 18 heavy (non-hydrogen) atoms. The van der Waals surface area contributed by atoms with Gasteiger partial charge in [-0.15, -0.1) is 0 Å². The molecule has 1 aromatic heterocycles. The van der Waals surface area contributed by atoms with Gasteiger partial charge in [0.1, 0.15) is 6.29 Å². The minimum atomic E-state index is -0.203. The van der Waals surface area contributed by atoms with Gasteiger partial charge in [0.25, 0.3) is 5.56 Å². The fourth-order valence-corrected chi connectivity index (χ4v) is 2.52. The van der Waals surface area contributed by atoms with E-state index in [0.29, 0.717) is 21.4 Å². The fourth-order valence-electron chi connectivity index (χ4n) is 1.38. The SMILES string of the molecule is Cc1cc(=O)[nH]c(Sc2ccc(C=O)cc2Cl)n1.